The van der Waals surface area contributed by atoms with Gasteiger partial charge in [-0.3, -0.25) is 19.4 Å². The summed E-state index contributed by atoms with van der Waals surface area (Å²) in [5.74, 6) is 3.78. The molecule has 0 aromatic carbocycles. The molecule has 0 aliphatic carbocycles. The molecule has 0 bridgehead atoms. The van der Waals surface area contributed by atoms with Crippen LogP contribution in [0.25, 0.3) is 60.9 Å². The number of carbonyl (C=O) groups excluding carboxylic acids is 2. The highest BCUT2D eigenvalue weighted by molar-refractivity contribution is 8.27. The molecule has 0 saturated carbocycles. The fourth-order valence-corrected chi connectivity index (χ4v) is 29.9. The Morgan fingerprint density at radius 2 is 0.698 bits per heavy atom. The van der Waals surface area contributed by atoms with Gasteiger partial charge < -0.3 is 19.1 Å². The fraction of sp³-hybridized carbons (Fsp3) is 0.704. The molecule has 2 unspecified atom stereocenters. The lowest BCUT2D eigenvalue weighted by molar-refractivity contribution is -0.122. The monoisotopic (exact) mass is 1900 g/mol. The van der Waals surface area contributed by atoms with Crippen LogP contribution < -0.4 is 19.1 Å². The number of rotatable bonds is 70. The van der Waals surface area contributed by atoms with Crippen LogP contribution in [0.3, 0.4) is 0 Å². The molecule has 126 heavy (non-hydrogen) atoms. The van der Waals surface area contributed by atoms with E-state index in [1.165, 1.54) is 368 Å². The van der Waals surface area contributed by atoms with Crippen molar-refractivity contribution in [2.45, 2.75) is 447 Å². The van der Waals surface area contributed by atoms with E-state index in [0.29, 0.717) is 56.6 Å². The molecule has 702 valence electrons. The van der Waals surface area contributed by atoms with Gasteiger partial charge >= 0.3 is 0 Å². The van der Waals surface area contributed by atoms with Gasteiger partial charge in [0.15, 0.2) is 0 Å². The lowest BCUT2D eigenvalue weighted by Crippen LogP contribution is -2.49. The van der Waals surface area contributed by atoms with E-state index in [1.54, 1.807) is 38.0 Å². The summed E-state index contributed by atoms with van der Waals surface area (Å²) in [5.41, 5.74) is 3.72. The van der Waals surface area contributed by atoms with Crippen molar-refractivity contribution in [2.75, 3.05) is 37.7 Å². The van der Waals surface area contributed by atoms with Gasteiger partial charge in [0.05, 0.1) is 73.3 Å². The second-order valence-corrected chi connectivity index (χ2v) is 47.1. The van der Waals surface area contributed by atoms with Gasteiger partial charge in [0, 0.05) is 50.8 Å². The molecule has 8 nitrogen and oxygen atoms in total. The molecule has 0 N–H and O–H groups in total. The number of likely N-dealkylation sites (N-methyl/N-ethyl adjacent to an activating group) is 2. The first-order valence-electron chi connectivity index (χ1n) is 51.8. The van der Waals surface area contributed by atoms with Crippen LogP contribution in [0, 0.1) is 11.8 Å². The van der Waals surface area contributed by atoms with E-state index in [0.717, 1.165) is 109 Å². The van der Waals surface area contributed by atoms with Gasteiger partial charge in [0.1, 0.15) is 31.5 Å². The zero-order valence-electron chi connectivity index (χ0n) is 80.4. The minimum atomic E-state index is -0.498. The predicted molar refractivity (Wildman–Crippen MR) is 571 cm³/mol. The Kier molecular flexibility index (Phi) is 47.8. The maximum atomic E-state index is 14.1. The number of anilines is 1. The summed E-state index contributed by atoms with van der Waals surface area (Å²) in [7, 11) is 0. The molecule has 6 aromatic rings. The van der Waals surface area contributed by atoms with E-state index >= 15 is 0 Å². The second-order valence-electron chi connectivity index (χ2n) is 37.4. The highest BCUT2D eigenvalue weighted by Crippen LogP contribution is 2.64. The second kappa shape index (κ2) is 57.4. The Bertz CT molecular complexity index is 4210. The number of nitrogens with zero attached hydrogens (tertiary/aromatic N) is 3. The van der Waals surface area contributed by atoms with Gasteiger partial charge in [-0.2, -0.15) is 0 Å². The van der Waals surface area contributed by atoms with E-state index in [-0.39, 0.29) is 17.4 Å². The van der Waals surface area contributed by atoms with Crippen LogP contribution in [0.5, 0.6) is 17.2 Å². The average molecular weight is 1910 g/mol. The van der Waals surface area contributed by atoms with E-state index in [9.17, 15) is 9.59 Å². The van der Waals surface area contributed by atoms with Crippen LogP contribution >= 0.6 is 116 Å². The van der Waals surface area contributed by atoms with Crippen LogP contribution in [0.4, 0.5) is 5.69 Å². The third-order valence-electron chi connectivity index (χ3n) is 27.5. The molecule has 10 heterocycles. The minimum Gasteiger partial charge on any atom is -0.492 e. The van der Waals surface area contributed by atoms with Crippen molar-refractivity contribution in [2.24, 2.45) is 11.8 Å². The first kappa shape index (κ1) is 105. The molecule has 4 aliphatic heterocycles. The minimum absolute atomic E-state index is 0.00377. The summed E-state index contributed by atoms with van der Waals surface area (Å²) in [6.07, 6.45) is 75.0. The quantitative estimate of drug-likeness (QED) is 0.0209. The Labute approximate surface area is 810 Å². The number of amides is 2. The SMILES string of the molecule is CCCCCCCCCCCCC1(CCCCCCCCCCCC)Oc2cc(-c3sc(/C=C4\SC(=S)N(CC)C4=O)cc3OCC(CC)CCCC)sc2-c2sc(-c3cc4c(s3)-c3sc(-c5sc(/C=C6\SC(=S)N(CC)C6=O)cc5OCC(CC)CCCC)cc3N(CCCCCC)C4(CCCCCCCCCCCC)CCCCCCCCCCCC)cc21. The van der Waals surface area contributed by atoms with Gasteiger partial charge in [-0.15, -0.1) is 68.0 Å². The Balaban J connectivity index is 1.16. The lowest BCUT2D eigenvalue weighted by atomic mass is 9.76. The molecule has 4 aliphatic rings. The van der Waals surface area contributed by atoms with E-state index in [2.05, 4.69) is 138 Å². The van der Waals surface area contributed by atoms with Gasteiger partial charge in [0.2, 0.25) is 0 Å². The summed E-state index contributed by atoms with van der Waals surface area (Å²) in [6.45, 7) is 28.5. The smallest absolute Gasteiger partial charge is 0.266 e. The number of unbranched alkanes of at least 4 members (excludes halogenated alkanes) is 41. The third kappa shape index (κ3) is 30.1. The van der Waals surface area contributed by atoms with Crippen LogP contribution in [-0.4, -0.2) is 63.1 Å². The van der Waals surface area contributed by atoms with Crippen LogP contribution in [0.15, 0.2) is 46.2 Å². The van der Waals surface area contributed by atoms with Crippen LogP contribution in [0.1, 0.15) is 457 Å². The van der Waals surface area contributed by atoms with Gasteiger partial charge in [-0.25, -0.2) is 0 Å². The number of thiophene rings is 6. The third-order valence-corrected chi connectivity index (χ3v) is 37.7. The molecule has 2 saturated heterocycles. The molecule has 2 amide bonds. The fourth-order valence-electron chi connectivity index (χ4n) is 19.6. The van der Waals surface area contributed by atoms with E-state index in [4.69, 9.17) is 38.6 Å². The number of carbonyl (C=O) groups is 2. The number of hydrogen-bond acceptors (Lipinski definition) is 16. The number of ether oxygens (including phenoxy) is 3. The van der Waals surface area contributed by atoms with Gasteiger partial charge in [-0.05, 0) is 132 Å². The Hall–Kier alpha value is -3.30. The molecule has 0 spiro atoms. The van der Waals surface area contributed by atoms with Gasteiger partial charge in [0.25, 0.3) is 11.8 Å². The Morgan fingerprint density at radius 1 is 0.357 bits per heavy atom. The summed E-state index contributed by atoms with van der Waals surface area (Å²) < 4.78 is 23.9. The number of thioether (sulfide) groups is 2. The van der Waals surface area contributed by atoms with Crippen LogP contribution in [-0.2, 0) is 20.7 Å². The molecule has 0 radical (unpaired) electrons. The first-order chi connectivity index (χ1) is 61.7. The molecule has 10 rings (SSSR count). The van der Waals surface area contributed by atoms with E-state index in [1.807, 2.05) is 36.5 Å². The highest BCUT2D eigenvalue weighted by atomic mass is 32.2. The number of thiocarbonyl (C=S) groups is 2. The zero-order valence-corrected chi connectivity index (χ0v) is 88.5. The normalized spacial score (nSPS) is 15.9. The summed E-state index contributed by atoms with van der Waals surface area (Å²) >= 11 is 26.2. The van der Waals surface area contributed by atoms with Crippen LogP contribution in [0.2, 0.25) is 0 Å². The molecular formula is C108H165N3O5S10. The van der Waals surface area contributed by atoms with Gasteiger partial charge in [-0.1, -0.05) is 412 Å². The molecule has 6 aromatic heterocycles. The maximum absolute atomic E-state index is 14.1. The zero-order chi connectivity index (χ0) is 89.3. The van der Waals surface area contributed by atoms with Crippen molar-refractivity contribution in [3.05, 3.63) is 67.1 Å². The van der Waals surface area contributed by atoms with Crippen molar-refractivity contribution < 1.29 is 23.8 Å². The predicted octanol–water partition coefficient (Wildman–Crippen LogP) is 38.5. The number of hydrogen-bond donors (Lipinski definition) is 0. The topological polar surface area (TPSA) is 71.5 Å². The van der Waals surface area contributed by atoms with E-state index < -0.39 is 5.60 Å². The Morgan fingerprint density at radius 3 is 1.08 bits per heavy atom. The highest BCUT2D eigenvalue weighted by Gasteiger charge is 2.48. The largest absolute Gasteiger partial charge is 0.492 e. The molecule has 18 heteroatoms. The molecule has 2 fully saturated rings. The summed E-state index contributed by atoms with van der Waals surface area (Å²) in [5, 5.41) is 0. The van der Waals surface area contributed by atoms with Crippen molar-refractivity contribution in [3.63, 3.8) is 0 Å². The molecule has 2 atom stereocenters. The van der Waals surface area contributed by atoms with Crippen molar-refractivity contribution in [1.29, 1.82) is 0 Å². The maximum Gasteiger partial charge on any atom is 0.266 e. The van der Waals surface area contributed by atoms with Crippen molar-refractivity contribution in [3.8, 4) is 66.0 Å². The summed E-state index contributed by atoms with van der Waals surface area (Å²) in [4.78, 5) is 51.1. The average Bonchev–Trinajstić information content (AvgIpc) is 1.54. The lowest BCUT2D eigenvalue weighted by Gasteiger charge is -2.49. The molecular weight excluding hydrogens is 1740 g/mol. The van der Waals surface area contributed by atoms with Crippen molar-refractivity contribution in [1.82, 2.24) is 9.80 Å². The number of fused-ring (bicyclic) bond motifs is 6. The van der Waals surface area contributed by atoms with Crippen molar-refractivity contribution >= 4 is 154 Å². The summed E-state index contributed by atoms with van der Waals surface area (Å²) in [6, 6.07) is 15.1. The first-order valence-corrected chi connectivity index (χ1v) is 59.1. The standard InChI is InChI=1S/C108H165N3O5S10/c1-12-23-30-35-39-43-47-51-55-59-66-107(67-60-56-52-48-44-40-36-31-24-13-2)85-75-91(121-97(85)99-87(111(107)70-63-34-27-16-5)77-93(123-99)100-88(114-79-81(19-8)64-28-17-6)71-83(119-100)73-95-103(112)109(21-10)105(117)125-95)92-76-86-98(122-92)102-90(116-108(86,68-61-57-53-49-45-41-37-32-25-14-3)69-62-58-54-50-46-42-38-33-26-15-4)78-94(124-102)101-89(115-80-82(20-9)65-29-18-7)72-84(120-101)74-96-104(113)110(22-11)106(118)126-96/h71-78,81-82H,12-70,79-80H2,1-11H3/b95-73-,96-74-.